The first kappa shape index (κ1) is 16.4. The zero-order chi connectivity index (χ0) is 16.9. The van der Waals surface area contributed by atoms with E-state index in [9.17, 15) is 4.79 Å². The van der Waals surface area contributed by atoms with E-state index < -0.39 is 0 Å². The highest BCUT2D eigenvalue weighted by atomic mass is 16.2. The van der Waals surface area contributed by atoms with Gasteiger partial charge in [-0.05, 0) is 36.8 Å². The van der Waals surface area contributed by atoms with E-state index in [1.165, 1.54) is 12.0 Å². The van der Waals surface area contributed by atoms with E-state index in [-0.39, 0.29) is 5.91 Å². The molecule has 0 atom stereocenters. The molecular formula is C19H24N4O. The van der Waals surface area contributed by atoms with Gasteiger partial charge >= 0.3 is 0 Å². The Morgan fingerprint density at radius 3 is 2.50 bits per heavy atom. The average Bonchev–Trinajstić information content (AvgIpc) is 2.63. The molecule has 0 radical (unpaired) electrons. The molecule has 1 saturated heterocycles. The van der Waals surface area contributed by atoms with E-state index in [0.717, 1.165) is 31.6 Å². The Kier molecular flexibility index (Phi) is 5.08. The summed E-state index contributed by atoms with van der Waals surface area (Å²) in [6.45, 7) is 5.96. The minimum atomic E-state index is -0.0173. The van der Waals surface area contributed by atoms with Gasteiger partial charge in [0, 0.05) is 18.8 Å². The number of carbonyl (C=O) groups is 1. The van der Waals surface area contributed by atoms with Crippen molar-refractivity contribution in [2.75, 3.05) is 18.4 Å². The predicted molar refractivity (Wildman–Crippen MR) is 95.6 cm³/mol. The maximum Gasteiger partial charge on any atom is 0.274 e. The van der Waals surface area contributed by atoms with Crippen LogP contribution in [0.5, 0.6) is 0 Å². The number of amides is 1. The molecule has 126 valence electrons. The third-order valence-electron chi connectivity index (χ3n) is 4.36. The Bertz CT molecular complexity index is 691. The van der Waals surface area contributed by atoms with Crippen molar-refractivity contribution in [1.82, 2.24) is 14.9 Å². The Balaban J connectivity index is 1.72. The average molecular weight is 324 g/mol. The number of anilines is 2. The van der Waals surface area contributed by atoms with Gasteiger partial charge in [-0.2, -0.15) is 0 Å². The second-order valence-corrected chi connectivity index (χ2v) is 6.51. The first-order valence-electron chi connectivity index (χ1n) is 8.62. The fraction of sp³-hybridized carbons (Fsp3) is 0.421. The summed E-state index contributed by atoms with van der Waals surface area (Å²) in [6.07, 6.45) is 6.55. The Labute approximate surface area is 143 Å². The summed E-state index contributed by atoms with van der Waals surface area (Å²) in [6, 6.07) is 8.17. The van der Waals surface area contributed by atoms with Crippen molar-refractivity contribution in [3.63, 3.8) is 0 Å². The molecule has 1 aromatic carbocycles. The molecular weight excluding hydrogens is 300 g/mol. The van der Waals surface area contributed by atoms with Gasteiger partial charge in [0.1, 0.15) is 11.5 Å². The molecule has 2 heterocycles. The number of rotatable bonds is 4. The third kappa shape index (κ3) is 3.72. The summed E-state index contributed by atoms with van der Waals surface area (Å²) < 4.78 is 0. The highest BCUT2D eigenvalue weighted by Gasteiger charge is 2.19. The molecule has 5 nitrogen and oxygen atoms in total. The van der Waals surface area contributed by atoms with Gasteiger partial charge in [0.15, 0.2) is 0 Å². The smallest absolute Gasteiger partial charge is 0.274 e. The van der Waals surface area contributed by atoms with Crippen molar-refractivity contribution in [1.29, 1.82) is 0 Å². The van der Waals surface area contributed by atoms with E-state index in [1.807, 2.05) is 23.1 Å². The van der Waals surface area contributed by atoms with Crippen LogP contribution in [0.1, 0.15) is 55.1 Å². The number of nitrogens with one attached hydrogen (secondary N) is 1. The number of hydrogen-bond donors (Lipinski definition) is 1. The van der Waals surface area contributed by atoms with Crippen molar-refractivity contribution in [2.45, 2.75) is 39.0 Å². The number of carbonyl (C=O) groups excluding carboxylic acids is 1. The van der Waals surface area contributed by atoms with Crippen LogP contribution in [0.4, 0.5) is 11.5 Å². The number of hydrogen-bond acceptors (Lipinski definition) is 4. The molecule has 1 aliphatic rings. The normalized spacial score (nSPS) is 14.7. The second-order valence-electron chi connectivity index (χ2n) is 6.51. The number of likely N-dealkylation sites (tertiary alicyclic amines) is 1. The first-order valence-corrected chi connectivity index (χ1v) is 8.62. The summed E-state index contributed by atoms with van der Waals surface area (Å²) >= 11 is 0. The standard InChI is InChI=1S/C19H24N4O/c1-14(2)15-8-4-5-9-16(15)22-18-13-20-17(12-21-18)19(24)23-10-6-3-7-11-23/h4-5,8-9,12-14H,3,6-7,10-11H2,1-2H3,(H,21,22). The van der Waals surface area contributed by atoms with Crippen LogP contribution in [0.25, 0.3) is 0 Å². The van der Waals surface area contributed by atoms with Crippen molar-refractivity contribution in [2.24, 2.45) is 0 Å². The highest BCUT2D eigenvalue weighted by Crippen LogP contribution is 2.26. The number of nitrogens with zero attached hydrogens (tertiary/aromatic N) is 3. The van der Waals surface area contributed by atoms with Crippen LogP contribution < -0.4 is 5.32 Å². The summed E-state index contributed by atoms with van der Waals surface area (Å²) in [5.41, 5.74) is 2.67. The van der Waals surface area contributed by atoms with Crippen LogP contribution in [0.2, 0.25) is 0 Å². The lowest BCUT2D eigenvalue weighted by Gasteiger charge is -2.26. The molecule has 24 heavy (non-hydrogen) atoms. The molecule has 0 aliphatic carbocycles. The van der Waals surface area contributed by atoms with Gasteiger partial charge in [0.05, 0.1) is 12.4 Å². The predicted octanol–water partition coefficient (Wildman–Crippen LogP) is 3.97. The topological polar surface area (TPSA) is 58.1 Å². The largest absolute Gasteiger partial charge is 0.339 e. The van der Waals surface area contributed by atoms with Crippen LogP contribution in [0.15, 0.2) is 36.7 Å². The zero-order valence-electron chi connectivity index (χ0n) is 14.3. The monoisotopic (exact) mass is 324 g/mol. The SMILES string of the molecule is CC(C)c1ccccc1Nc1cnc(C(=O)N2CCCCC2)cn1. The Morgan fingerprint density at radius 1 is 1.08 bits per heavy atom. The lowest BCUT2D eigenvalue weighted by atomic mass is 10.0. The molecule has 1 aliphatic heterocycles. The van der Waals surface area contributed by atoms with Gasteiger partial charge in [-0.15, -0.1) is 0 Å². The van der Waals surface area contributed by atoms with Crippen LogP contribution in [0.3, 0.4) is 0 Å². The summed E-state index contributed by atoms with van der Waals surface area (Å²) in [5, 5.41) is 3.30. The van der Waals surface area contributed by atoms with Crippen LogP contribution in [0, 0.1) is 0 Å². The second kappa shape index (κ2) is 7.43. The molecule has 5 heteroatoms. The minimum Gasteiger partial charge on any atom is -0.339 e. The fourth-order valence-corrected chi connectivity index (χ4v) is 3.01. The number of para-hydroxylation sites is 1. The third-order valence-corrected chi connectivity index (χ3v) is 4.36. The molecule has 1 N–H and O–H groups in total. The lowest BCUT2D eigenvalue weighted by molar-refractivity contribution is 0.0718. The van der Waals surface area contributed by atoms with Crippen molar-refractivity contribution >= 4 is 17.4 Å². The van der Waals surface area contributed by atoms with Crippen molar-refractivity contribution in [3.8, 4) is 0 Å². The Morgan fingerprint density at radius 2 is 1.83 bits per heavy atom. The number of benzene rings is 1. The van der Waals surface area contributed by atoms with Gasteiger partial charge in [-0.1, -0.05) is 32.0 Å². The van der Waals surface area contributed by atoms with Gasteiger partial charge in [-0.25, -0.2) is 9.97 Å². The molecule has 0 saturated carbocycles. The van der Waals surface area contributed by atoms with Gasteiger partial charge in [0.2, 0.25) is 0 Å². The van der Waals surface area contributed by atoms with E-state index in [0.29, 0.717) is 17.4 Å². The van der Waals surface area contributed by atoms with E-state index >= 15 is 0 Å². The summed E-state index contributed by atoms with van der Waals surface area (Å²) in [5.74, 6) is 1.05. The molecule has 0 bridgehead atoms. The van der Waals surface area contributed by atoms with E-state index in [2.05, 4.69) is 35.2 Å². The molecule has 1 amide bonds. The molecule has 1 fully saturated rings. The van der Waals surface area contributed by atoms with Crippen molar-refractivity contribution in [3.05, 3.63) is 47.9 Å². The Hall–Kier alpha value is -2.43. The van der Waals surface area contributed by atoms with Gasteiger partial charge in [-0.3, -0.25) is 4.79 Å². The number of aromatic nitrogens is 2. The van der Waals surface area contributed by atoms with Gasteiger partial charge in [0.25, 0.3) is 5.91 Å². The minimum absolute atomic E-state index is 0.0173. The molecule has 0 unspecified atom stereocenters. The summed E-state index contributed by atoms with van der Waals surface area (Å²) in [7, 11) is 0. The van der Waals surface area contributed by atoms with E-state index in [4.69, 9.17) is 0 Å². The highest BCUT2D eigenvalue weighted by molar-refractivity contribution is 5.92. The van der Waals surface area contributed by atoms with E-state index in [1.54, 1.807) is 12.4 Å². The molecule has 3 rings (SSSR count). The maximum atomic E-state index is 12.4. The fourth-order valence-electron chi connectivity index (χ4n) is 3.01. The summed E-state index contributed by atoms with van der Waals surface area (Å²) in [4.78, 5) is 23.0. The first-order chi connectivity index (χ1) is 11.6. The molecule has 2 aromatic rings. The van der Waals surface area contributed by atoms with Crippen LogP contribution in [-0.4, -0.2) is 33.9 Å². The molecule has 0 spiro atoms. The van der Waals surface area contributed by atoms with Crippen LogP contribution >= 0.6 is 0 Å². The van der Waals surface area contributed by atoms with Gasteiger partial charge < -0.3 is 10.2 Å². The lowest BCUT2D eigenvalue weighted by Crippen LogP contribution is -2.36. The molecule has 1 aromatic heterocycles. The van der Waals surface area contributed by atoms with Crippen molar-refractivity contribution < 1.29 is 4.79 Å². The quantitative estimate of drug-likeness (QED) is 0.924. The van der Waals surface area contributed by atoms with Crippen LogP contribution in [-0.2, 0) is 0 Å². The number of piperidine rings is 1. The zero-order valence-corrected chi connectivity index (χ0v) is 14.3. The maximum absolute atomic E-state index is 12.4.